The lowest BCUT2D eigenvalue weighted by Crippen LogP contribution is -2.24. The second-order valence-corrected chi connectivity index (χ2v) is 7.12. The van der Waals surface area contributed by atoms with Crippen molar-refractivity contribution in [2.45, 2.75) is 13.8 Å². The number of benzene rings is 1. The first kappa shape index (κ1) is 16.2. The van der Waals surface area contributed by atoms with E-state index < -0.39 is 9.84 Å². The number of pyridine rings is 1. The molecule has 1 heterocycles. The molecule has 0 aliphatic carbocycles. The quantitative estimate of drug-likeness (QED) is 0.937. The molecule has 0 aliphatic rings. The molecule has 0 radical (unpaired) electrons. The van der Waals surface area contributed by atoms with E-state index in [0.717, 1.165) is 33.8 Å². The van der Waals surface area contributed by atoms with Gasteiger partial charge in [-0.1, -0.05) is 24.3 Å². The van der Waals surface area contributed by atoms with Crippen molar-refractivity contribution in [3.63, 3.8) is 0 Å². The number of nitrogens with zero attached hydrogens (tertiary/aromatic N) is 1. The van der Waals surface area contributed by atoms with E-state index in [0.29, 0.717) is 5.56 Å². The summed E-state index contributed by atoms with van der Waals surface area (Å²) in [5, 5.41) is 4.56. The molecular weight excluding hydrogens is 300 g/mol. The lowest BCUT2D eigenvalue weighted by molar-refractivity contribution is 0.0959. The van der Waals surface area contributed by atoms with Gasteiger partial charge in [0.05, 0.1) is 11.1 Å². The zero-order chi connectivity index (χ0) is 16.3. The monoisotopic (exact) mass is 318 g/mol. The molecule has 0 atom stereocenters. The molecule has 2 rings (SSSR count). The van der Waals surface area contributed by atoms with Crippen molar-refractivity contribution in [1.82, 2.24) is 10.3 Å². The molecule has 0 bridgehead atoms. The van der Waals surface area contributed by atoms with Crippen molar-refractivity contribution in [3.8, 4) is 0 Å². The number of aromatic nitrogens is 1. The van der Waals surface area contributed by atoms with Gasteiger partial charge in [-0.2, -0.15) is 0 Å². The first-order valence-corrected chi connectivity index (χ1v) is 8.75. The number of hydrogen-bond acceptors (Lipinski definition) is 4. The Balaban J connectivity index is 2.29. The summed E-state index contributed by atoms with van der Waals surface area (Å²) in [6.45, 7) is 3.94. The summed E-state index contributed by atoms with van der Waals surface area (Å²) in [6, 6.07) is 7.42. The Bertz CT molecular complexity index is 855. The van der Waals surface area contributed by atoms with Gasteiger partial charge in [0, 0.05) is 29.3 Å². The fraction of sp³-hybridized carbons (Fsp3) is 0.250. The van der Waals surface area contributed by atoms with Crippen molar-refractivity contribution in [3.05, 3.63) is 52.6 Å². The number of fused-ring (bicyclic) bond motifs is 1. The highest BCUT2D eigenvalue weighted by molar-refractivity contribution is 7.93. The van der Waals surface area contributed by atoms with Gasteiger partial charge in [0.2, 0.25) is 0 Å². The maximum atomic E-state index is 12.3. The standard InChI is InChI=1S/C16H18N2O3S/c1-11-6-4-7-13-14(10-12(2)18-15(11)13)16(19)17-8-5-9-22(3,20)21/h4-7,9-10H,8H2,1-3H3,(H,17,19)/b9-5+. The normalized spacial score (nSPS) is 12.0. The molecule has 2 aromatic rings. The number of hydrogen-bond donors (Lipinski definition) is 1. The Kier molecular flexibility index (Phi) is 4.61. The van der Waals surface area contributed by atoms with Gasteiger partial charge in [-0.15, -0.1) is 0 Å². The molecule has 1 amide bonds. The van der Waals surface area contributed by atoms with Gasteiger partial charge < -0.3 is 5.32 Å². The summed E-state index contributed by atoms with van der Waals surface area (Å²) in [6.07, 6.45) is 2.52. The SMILES string of the molecule is Cc1cc(C(=O)NC/C=C/S(C)(=O)=O)c2cccc(C)c2n1. The molecule has 22 heavy (non-hydrogen) atoms. The van der Waals surface area contributed by atoms with Gasteiger partial charge in [-0.25, -0.2) is 8.42 Å². The van der Waals surface area contributed by atoms with Crippen LogP contribution in [-0.4, -0.2) is 32.1 Å². The smallest absolute Gasteiger partial charge is 0.252 e. The average Bonchev–Trinajstić information content (AvgIpc) is 2.42. The van der Waals surface area contributed by atoms with Crippen LogP contribution in [0.1, 0.15) is 21.6 Å². The van der Waals surface area contributed by atoms with E-state index in [9.17, 15) is 13.2 Å². The van der Waals surface area contributed by atoms with Crippen molar-refractivity contribution >= 4 is 26.6 Å². The average molecular weight is 318 g/mol. The predicted molar refractivity (Wildman–Crippen MR) is 87.5 cm³/mol. The van der Waals surface area contributed by atoms with Crippen molar-refractivity contribution < 1.29 is 13.2 Å². The van der Waals surface area contributed by atoms with E-state index in [2.05, 4.69) is 10.3 Å². The topological polar surface area (TPSA) is 76.1 Å². The molecule has 1 aromatic heterocycles. The summed E-state index contributed by atoms with van der Waals surface area (Å²) < 4.78 is 22.0. The highest BCUT2D eigenvalue weighted by atomic mass is 32.2. The first-order valence-electron chi connectivity index (χ1n) is 6.80. The summed E-state index contributed by atoms with van der Waals surface area (Å²) in [5.74, 6) is -0.251. The van der Waals surface area contributed by atoms with Crippen LogP contribution in [0.5, 0.6) is 0 Å². The Morgan fingerprint density at radius 2 is 2.05 bits per heavy atom. The molecule has 6 heteroatoms. The number of amides is 1. The molecule has 0 spiro atoms. The minimum absolute atomic E-state index is 0.153. The third kappa shape index (κ3) is 3.92. The minimum atomic E-state index is -3.18. The molecule has 5 nitrogen and oxygen atoms in total. The van der Waals surface area contributed by atoms with Gasteiger partial charge in [0.15, 0.2) is 9.84 Å². The number of aryl methyl sites for hydroxylation is 2. The van der Waals surface area contributed by atoms with E-state index in [4.69, 9.17) is 0 Å². The number of sulfone groups is 1. The lowest BCUT2D eigenvalue weighted by Gasteiger charge is -2.09. The Hall–Kier alpha value is -2.21. The van der Waals surface area contributed by atoms with Crippen LogP contribution >= 0.6 is 0 Å². The maximum absolute atomic E-state index is 12.3. The van der Waals surface area contributed by atoms with Crippen LogP contribution in [0.15, 0.2) is 35.7 Å². The maximum Gasteiger partial charge on any atom is 0.252 e. The molecule has 0 saturated carbocycles. The Morgan fingerprint density at radius 1 is 1.32 bits per heavy atom. The lowest BCUT2D eigenvalue weighted by atomic mass is 10.0. The van der Waals surface area contributed by atoms with Gasteiger partial charge in [-0.3, -0.25) is 9.78 Å². The molecule has 1 aromatic carbocycles. The molecule has 0 aliphatic heterocycles. The van der Waals surface area contributed by atoms with Crippen LogP contribution in [0.2, 0.25) is 0 Å². The highest BCUT2D eigenvalue weighted by Gasteiger charge is 2.12. The van der Waals surface area contributed by atoms with E-state index in [-0.39, 0.29) is 12.5 Å². The Morgan fingerprint density at radius 3 is 2.73 bits per heavy atom. The van der Waals surface area contributed by atoms with Gasteiger partial charge in [-0.05, 0) is 25.5 Å². The van der Waals surface area contributed by atoms with Crippen LogP contribution < -0.4 is 5.32 Å². The van der Waals surface area contributed by atoms with E-state index in [1.807, 2.05) is 32.0 Å². The fourth-order valence-electron chi connectivity index (χ4n) is 2.18. The third-order valence-electron chi connectivity index (χ3n) is 3.14. The largest absolute Gasteiger partial charge is 0.349 e. The number of nitrogens with one attached hydrogen (secondary N) is 1. The molecule has 116 valence electrons. The second-order valence-electron chi connectivity index (χ2n) is 5.19. The van der Waals surface area contributed by atoms with Gasteiger partial charge in [0.1, 0.15) is 0 Å². The second kappa shape index (κ2) is 6.27. The summed E-state index contributed by atoms with van der Waals surface area (Å²) >= 11 is 0. The molecule has 1 N–H and O–H groups in total. The number of rotatable bonds is 4. The first-order chi connectivity index (χ1) is 10.3. The van der Waals surface area contributed by atoms with Crippen LogP contribution in [0, 0.1) is 13.8 Å². The van der Waals surface area contributed by atoms with E-state index in [1.165, 1.54) is 6.08 Å². The molecule has 0 fully saturated rings. The van der Waals surface area contributed by atoms with Crippen molar-refractivity contribution in [2.24, 2.45) is 0 Å². The molecule has 0 unspecified atom stereocenters. The van der Waals surface area contributed by atoms with E-state index >= 15 is 0 Å². The molecular formula is C16H18N2O3S. The van der Waals surface area contributed by atoms with Crippen LogP contribution in [0.25, 0.3) is 10.9 Å². The zero-order valence-corrected chi connectivity index (χ0v) is 13.6. The van der Waals surface area contributed by atoms with Crippen LogP contribution in [0.4, 0.5) is 0 Å². The number of carbonyl (C=O) groups excluding carboxylic acids is 1. The Labute approximate surface area is 130 Å². The predicted octanol–water partition coefficient (Wildman–Crippen LogP) is 2.14. The van der Waals surface area contributed by atoms with E-state index in [1.54, 1.807) is 6.07 Å². The minimum Gasteiger partial charge on any atom is -0.349 e. The highest BCUT2D eigenvalue weighted by Crippen LogP contribution is 2.21. The summed E-state index contributed by atoms with van der Waals surface area (Å²) in [5.41, 5.74) is 3.11. The molecule has 0 saturated heterocycles. The van der Waals surface area contributed by atoms with Gasteiger partial charge in [0.25, 0.3) is 5.91 Å². The summed E-state index contributed by atoms with van der Waals surface area (Å²) in [4.78, 5) is 16.8. The van der Waals surface area contributed by atoms with Gasteiger partial charge >= 0.3 is 0 Å². The van der Waals surface area contributed by atoms with Crippen LogP contribution in [0.3, 0.4) is 0 Å². The zero-order valence-electron chi connectivity index (χ0n) is 12.8. The fourth-order valence-corrected chi connectivity index (χ4v) is 2.62. The van der Waals surface area contributed by atoms with Crippen molar-refractivity contribution in [1.29, 1.82) is 0 Å². The van der Waals surface area contributed by atoms with Crippen molar-refractivity contribution in [2.75, 3.05) is 12.8 Å². The third-order valence-corrected chi connectivity index (χ3v) is 3.82. The number of para-hydroxylation sites is 1. The van der Waals surface area contributed by atoms with Crippen LogP contribution in [-0.2, 0) is 9.84 Å². The summed E-state index contributed by atoms with van der Waals surface area (Å²) in [7, 11) is -3.18. The number of carbonyl (C=O) groups is 1.